The number of phenolic OH excluding ortho intramolecular Hbond substituents is 1. The van der Waals surface area contributed by atoms with E-state index in [1.807, 2.05) is 0 Å². The molecule has 0 saturated carbocycles. The van der Waals surface area contributed by atoms with Crippen molar-refractivity contribution in [2.24, 2.45) is 0 Å². The van der Waals surface area contributed by atoms with Crippen molar-refractivity contribution < 1.29 is 34.4 Å². The lowest BCUT2D eigenvalue weighted by atomic mass is 10.0. The summed E-state index contributed by atoms with van der Waals surface area (Å²) in [6, 6.07) is 10.2. The summed E-state index contributed by atoms with van der Waals surface area (Å²) in [5.74, 6) is -1.74. The zero-order valence-electron chi connectivity index (χ0n) is 20.3. The van der Waals surface area contributed by atoms with Gasteiger partial charge in [0.2, 0.25) is 5.91 Å². The van der Waals surface area contributed by atoms with Gasteiger partial charge in [-0.2, -0.15) is 0 Å². The van der Waals surface area contributed by atoms with E-state index in [1.165, 1.54) is 12.1 Å². The van der Waals surface area contributed by atoms with Crippen LogP contribution in [0.4, 0.5) is 10.5 Å². The van der Waals surface area contributed by atoms with Gasteiger partial charge in [-0.1, -0.05) is 36.4 Å². The Balaban J connectivity index is 2.45. The molecule has 0 heterocycles. The number of ether oxygens (including phenoxy) is 1. The Morgan fingerprint density at radius 1 is 1.03 bits per heavy atom. The summed E-state index contributed by atoms with van der Waals surface area (Å²) < 4.78 is 5.16. The van der Waals surface area contributed by atoms with Crippen molar-refractivity contribution in [2.45, 2.75) is 45.4 Å². The zero-order valence-corrected chi connectivity index (χ0v) is 20.3. The summed E-state index contributed by atoms with van der Waals surface area (Å²) in [6.45, 7) is 5.11. The van der Waals surface area contributed by atoms with Gasteiger partial charge in [0.1, 0.15) is 23.4 Å². The number of carbonyl (C=O) groups excluding carboxylic acids is 3. The average Bonchev–Trinajstić information content (AvgIpc) is 2.78. The molecule has 2 rings (SSSR count). The van der Waals surface area contributed by atoms with Crippen LogP contribution in [0.25, 0.3) is 0 Å². The highest BCUT2D eigenvalue weighted by Gasteiger charge is 2.37. The number of rotatable bonds is 9. The number of aliphatic hydroxyl groups excluding tert-OH is 2. The molecule has 0 fully saturated rings. The first-order chi connectivity index (χ1) is 16.5. The first-order valence-electron chi connectivity index (χ1n) is 11.1. The van der Waals surface area contributed by atoms with Crippen LogP contribution in [0.15, 0.2) is 48.5 Å². The second-order valence-corrected chi connectivity index (χ2v) is 8.90. The van der Waals surface area contributed by atoms with Gasteiger partial charge in [-0.25, -0.2) is 4.79 Å². The third kappa shape index (κ3) is 7.69. The molecule has 2 atom stereocenters. The van der Waals surface area contributed by atoms with E-state index in [9.17, 15) is 29.7 Å². The topological polar surface area (TPSA) is 148 Å². The number of para-hydroxylation sites is 2. The molecule has 0 bridgehead atoms. The van der Waals surface area contributed by atoms with Crippen molar-refractivity contribution in [2.75, 3.05) is 25.1 Å². The minimum absolute atomic E-state index is 0.106. The van der Waals surface area contributed by atoms with Crippen molar-refractivity contribution >= 4 is 23.6 Å². The number of aromatic hydroxyl groups is 1. The largest absolute Gasteiger partial charge is 0.508 e. The summed E-state index contributed by atoms with van der Waals surface area (Å²) in [7, 11) is 0. The van der Waals surface area contributed by atoms with Crippen molar-refractivity contribution in [3.05, 3.63) is 59.7 Å². The Morgan fingerprint density at radius 3 is 2.23 bits per heavy atom. The molecule has 0 aliphatic rings. The van der Waals surface area contributed by atoms with Crippen LogP contribution in [-0.4, -0.2) is 69.5 Å². The van der Waals surface area contributed by atoms with E-state index >= 15 is 0 Å². The molecular formula is C25H33N3O7. The molecule has 10 heteroatoms. The third-order valence-electron chi connectivity index (χ3n) is 4.99. The Hall–Kier alpha value is -3.63. The monoisotopic (exact) mass is 487 g/mol. The first kappa shape index (κ1) is 27.6. The van der Waals surface area contributed by atoms with Gasteiger partial charge in [-0.3, -0.25) is 9.59 Å². The van der Waals surface area contributed by atoms with Crippen molar-refractivity contribution in [3.8, 4) is 5.75 Å². The van der Waals surface area contributed by atoms with Crippen LogP contribution < -0.4 is 10.6 Å². The van der Waals surface area contributed by atoms with Gasteiger partial charge in [0.05, 0.1) is 13.2 Å². The van der Waals surface area contributed by atoms with Gasteiger partial charge >= 0.3 is 6.09 Å². The number of anilines is 1. The van der Waals surface area contributed by atoms with Gasteiger partial charge < -0.3 is 35.6 Å². The molecular weight excluding hydrogens is 454 g/mol. The van der Waals surface area contributed by atoms with Crippen molar-refractivity contribution in [1.29, 1.82) is 0 Å². The molecule has 10 nitrogen and oxygen atoms in total. The fraction of sp³-hybridized carbons (Fsp3) is 0.400. The van der Waals surface area contributed by atoms with E-state index in [1.54, 1.807) is 64.1 Å². The second-order valence-electron chi connectivity index (χ2n) is 8.90. The molecule has 2 aromatic carbocycles. The van der Waals surface area contributed by atoms with Gasteiger partial charge in [0.25, 0.3) is 5.91 Å². The predicted octanol–water partition coefficient (Wildman–Crippen LogP) is 2.09. The molecule has 35 heavy (non-hydrogen) atoms. The quantitative estimate of drug-likeness (QED) is 0.364. The van der Waals surface area contributed by atoms with Crippen molar-refractivity contribution in [1.82, 2.24) is 10.2 Å². The van der Waals surface area contributed by atoms with Crippen LogP contribution in [-0.2, 0) is 14.3 Å². The second kappa shape index (κ2) is 12.2. The van der Waals surface area contributed by atoms with Crippen LogP contribution in [0.1, 0.15) is 37.9 Å². The number of nitrogens with zero attached hydrogens (tertiary/aromatic N) is 1. The number of amides is 3. The average molecular weight is 488 g/mol. The van der Waals surface area contributed by atoms with E-state index in [0.717, 1.165) is 10.5 Å². The van der Waals surface area contributed by atoms with E-state index in [-0.39, 0.29) is 17.9 Å². The molecule has 0 aliphatic carbocycles. The molecule has 5 N–H and O–H groups in total. The lowest BCUT2D eigenvalue weighted by Crippen LogP contribution is -2.54. The van der Waals surface area contributed by atoms with Crippen LogP contribution in [0.2, 0.25) is 0 Å². The number of alkyl carbamates (subject to hydrolysis) is 1. The van der Waals surface area contributed by atoms with E-state index < -0.39 is 48.8 Å². The van der Waals surface area contributed by atoms with E-state index in [0.29, 0.717) is 5.69 Å². The van der Waals surface area contributed by atoms with Crippen LogP contribution in [0.3, 0.4) is 0 Å². The van der Waals surface area contributed by atoms with E-state index in [2.05, 4.69) is 10.6 Å². The number of nitrogens with one attached hydrogen (secondary N) is 2. The molecule has 2 aromatic rings. The van der Waals surface area contributed by atoms with Gasteiger partial charge in [0.15, 0.2) is 0 Å². The fourth-order valence-corrected chi connectivity index (χ4v) is 3.39. The molecule has 0 radical (unpaired) electrons. The highest BCUT2D eigenvalue weighted by Crippen LogP contribution is 2.31. The maximum absolute atomic E-state index is 13.5. The minimum Gasteiger partial charge on any atom is -0.508 e. The lowest BCUT2D eigenvalue weighted by Gasteiger charge is -2.34. The van der Waals surface area contributed by atoms with Gasteiger partial charge in [-0.15, -0.1) is 0 Å². The molecule has 0 spiro atoms. The first-order valence-corrected chi connectivity index (χ1v) is 11.1. The maximum Gasteiger partial charge on any atom is 0.408 e. The highest BCUT2D eigenvalue weighted by atomic mass is 16.6. The lowest BCUT2D eigenvalue weighted by molar-refractivity contribution is -0.142. The summed E-state index contributed by atoms with van der Waals surface area (Å²) >= 11 is 0. The Kier molecular flexibility index (Phi) is 9.61. The van der Waals surface area contributed by atoms with Crippen molar-refractivity contribution in [3.63, 3.8) is 0 Å². The predicted molar refractivity (Wildman–Crippen MR) is 130 cm³/mol. The minimum atomic E-state index is -1.46. The molecule has 0 saturated heterocycles. The number of carbonyl (C=O) groups is 3. The normalized spacial score (nSPS) is 12.9. The Labute approximate surface area is 204 Å². The van der Waals surface area contributed by atoms with Gasteiger partial charge in [0, 0.05) is 17.8 Å². The third-order valence-corrected chi connectivity index (χ3v) is 4.99. The number of hydrogen-bond acceptors (Lipinski definition) is 7. The summed E-state index contributed by atoms with van der Waals surface area (Å²) in [5.41, 5.74) is 0.537. The SMILES string of the molecule is Cc1ccccc1NC(=O)C(c1ccccc1O)N(CCO)C(=O)C(CO)NC(=O)OC(C)(C)C. The number of aliphatic hydroxyl groups is 2. The summed E-state index contributed by atoms with van der Waals surface area (Å²) in [6.07, 6.45) is -0.933. The number of benzene rings is 2. The molecule has 0 aliphatic heterocycles. The molecule has 3 amide bonds. The standard InChI is InChI=1S/C25H33N3O7/c1-16-9-5-7-11-18(16)26-22(32)21(17-10-6-8-12-20(17)31)28(13-14-29)23(33)19(15-30)27-24(34)35-25(2,3)4/h5-12,19,21,29-31H,13-15H2,1-4H3,(H,26,32)(H,27,34). The number of hydrogen-bond donors (Lipinski definition) is 5. The number of phenols is 1. The molecule has 190 valence electrons. The zero-order chi connectivity index (χ0) is 26.2. The highest BCUT2D eigenvalue weighted by molar-refractivity contribution is 5.99. The Morgan fingerprint density at radius 2 is 1.66 bits per heavy atom. The smallest absolute Gasteiger partial charge is 0.408 e. The fourth-order valence-electron chi connectivity index (χ4n) is 3.39. The summed E-state index contributed by atoms with van der Waals surface area (Å²) in [4.78, 5) is 40.2. The van der Waals surface area contributed by atoms with E-state index in [4.69, 9.17) is 4.74 Å². The molecule has 2 unspecified atom stereocenters. The molecule has 0 aromatic heterocycles. The number of aryl methyl sites for hydroxylation is 1. The van der Waals surface area contributed by atoms with Crippen LogP contribution in [0.5, 0.6) is 5.75 Å². The van der Waals surface area contributed by atoms with Crippen LogP contribution >= 0.6 is 0 Å². The maximum atomic E-state index is 13.5. The summed E-state index contributed by atoms with van der Waals surface area (Å²) in [5, 5.41) is 35.1. The van der Waals surface area contributed by atoms with Crippen LogP contribution in [0, 0.1) is 6.92 Å². The van der Waals surface area contributed by atoms with Gasteiger partial charge in [-0.05, 0) is 45.4 Å². The Bertz CT molecular complexity index is 1040.